The summed E-state index contributed by atoms with van der Waals surface area (Å²) in [5.74, 6) is 0.532. The molecule has 0 aliphatic heterocycles. The van der Waals surface area contributed by atoms with Crippen LogP contribution in [0.3, 0.4) is 0 Å². The highest BCUT2D eigenvalue weighted by Gasteiger charge is 2.18. The van der Waals surface area contributed by atoms with E-state index in [4.69, 9.17) is 18.9 Å². The molecule has 0 unspecified atom stereocenters. The fraction of sp³-hybridized carbons (Fsp3) is 0.654. The molecule has 0 saturated carbocycles. The summed E-state index contributed by atoms with van der Waals surface area (Å²) >= 11 is 0. The van der Waals surface area contributed by atoms with Crippen molar-refractivity contribution < 1.29 is 37.0 Å². The first kappa shape index (κ1) is 53.5. The second-order valence-electron chi connectivity index (χ2n) is 16.3. The number of hydrogen-bond donors (Lipinski definition) is 0. The van der Waals surface area contributed by atoms with E-state index in [9.17, 15) is 18.0 Å². The van der Waals surface area contributed by atoms with E-state index in [-0.39, 0.29) is 48.2 Å². The Kier molecular flexibility index (Phi) is 32.5. The number of benzene rings is 2. The monoisotopic (exact) mass is 867 g/mol. The van der Waals surface area contributed by atoms with Gasteiger partial charge in [-0.25, -0.2) is 8.42 Å². The zero-order valence-corrected chi connectivity index (χ0v) is 39.0. The van der Waals surface area contributed by atoms with Gasteiger partial charge in [0, 0.05) is 12.8 Å². The van der Waals surface area contributed by atoms with E-state index in [1.54, 1.807) is 24.3 Å². The lowest BCUT2D eigenvalue weighted by Crippen LogP contribution is -2.12. The summed E-state index contributed by atoms with van der Waals surface area (Å²) in [7, 11) is -3.75. The molecule has 0 aliphatic rings. The molecule has 0 heterocycles. The third-order valence-corrected chi connectivity index (χ3v) is 12.6. The van der Waals surface area contributed by atoms with Crippen LogP contribution < -0.4 is 9.47 Å². The summed E-state index contributed by atoms with van der Waals surface area (Å²) in [5.41, 5.74) is 0. The highest BCUT2D eigenvalue weighted by Crippen LogP contribution is 2.25. The molecule has 344 valence electrons. The van der Waals surface area contributed by atoms with Crippen LogP contribution >= 0.6 is 0 Å². The van der Waals surface area contributed by atoms with Gasteiger partial charge in [-0.2, -0.15) is 0 Å². The molecule has 0 amide bonds. The van der Waals surface area contributed by atoms with Gasteiger partial charge in [-0.15, -0.1) is 0 Å². The standard InChI is InChI=1S/C52H82O8S/c1-3-5-7-9-11-13-15-17-19-21-23-25-27-29-31-33-51(53)59-45-43-57-47-35-39-49(40-36-47)61(55,56)50-41-37-48(38-42-50)58-44-46-60-52(54)34-32-30-28-26-24-22-20-18-16-14-12-10-8-6-4-2/h19-22,35-42H,3-18,23-34,43-46H2,1-2H3/b21-19+,22-20+. The lowest BCUT2D eigenvalue weighted by molar-refractivity contribution is -0.145. The molecule has 0 fully saturated rings. The van der Waals surface area contributed by atoms with Gasteiger partial charge in [-0.1, -0.05) is 141 Å². The van der Waals surface area contributed by atoms with Gasteiger partial charge in [-0.3, -0.25) is 9.59 Å². The van der Waals surface area contributed by atoms with Gasteiger partial charge in [0.25, 0.3) is 0 Å². The number of hydrogen-bond acceptors (Lipinski definition) is 8. The molecule has 0 N–H and O–H groups in total. The minimum atomic E-state index is -3.75. The highest BCUT2D eigenvalue weighted by atomic mass is 32.2. The Morgan fingerprint density at radius 1 is 0.410 bits per heavy atom. The Bertz CT molecular complexity index is 1420. The Labute approximate surface area is 371 Å². The van der Waals surface area contributed by atoms with Crippen LogP contribution in [0.15, 0.2) is 82.6 Å². The molecule has 0 spiro atoms. The first-order chi connectivity index (χ1) is 29.9. The van der Waals surface area contributed by atoms with Crippen molar-refractivity contribution in [2.75, 3.05) is 26.4 Å². The van der Waals surface area contributed by atoms with Crippen molar-refractivity contribution in [3.05, 3.63) is 72.8 Å². The van der Waals surface area contributed by atoms with Crippen molar-refractivity contribution >= 4 is 21.8 Å². The molecule has 0 aliphatic carbocycles. The Hall–Kier alpha value is -3.59. The molecular formula is C52H82O8S. The normalized spacial score (nSPS) is 11.7. The highest BCUT2D eigenvalue weighted by molar-refractivity contribution is 7.91. The first-order valence-corrected chi connectivity index (χ1v) is 25.7. The molecule has 0 atom stereocenters. The van der Waals surface area contributed by atoms with E-state index in [1.165, 1.54) is 127 Å². The van der Waals surface area contributed by atoms with Gasteiger partial charge >= 0.3 is 11.9 Å². The number of sulfone groups is 1. The molecular weight excluding hydrogens is 785 g/mol. The molecule has 61 heavy (non-hydrogen) atoms. The number of carbonyl (C=O) groups is 2. The van der Waals surface area contributed by atoms with Crippen LogP contribution in [0.5, 0.6) is 11.5 Å². The van der Waals surface area contributed by atoms with Crippen LogP contribution in [-0.2, 0) is 28.9 Å². The fourth-order valence-electron chi connectivity index (χ4n) is 7.02. The molecule has 0 aromatic heterocycles. The van der Waals surface area contributed by atoms with Crippen molar-refractivity contribution in [2.24, 2.45) is 0 Å². The van der Waals surface area contributed by atoms with Gasteiger partial charge in [0.1, 0.15) is 37.9 Å². The topological polar surface area (TPSA) is 105 Å². The number of allylic oxidation sites excluding steroid dienone is 4. The third-order valence-electron chi connectivity index (χ3n) is 10.8. The molecule has 2 aromatic rings. The van der Waals surface area contributed by atoms with Crippen molar-refractivity contribution in [3.63, 3.8) is 0 Å². The third kappa shape index (κ3) is 28.6. The van der Waals surface area contributed by atoms with E-state index >= 15 is 0 Å². The van der Waals surface area contributed by atoms with Crippen molar-refractivity contribution in [1.29, 1.82) is 0 Å². The van der Waals surface area contributed by atoms with Crippen molar-refractivity contribution in [3.8, 4) is 11.5 Å². The number of ether oxygens (including phenoxy) is 4. The summed E-state index contributed by atoms with van der Waals surface area (Å²) in [6, 6.07) is 12.4. The van der Waals surface area contributed by atoms with Gasteiger partial charge in [0.05, 0.1) is 9.79 Å². The fourth-order valence-corrected chi connectivity index (χ4v) is 8.28. The van der Waals surface area contributed by atoms with Crippen LogP contribution in [0.25, 0.3) is 0 Å². The molecule has 9 heteroatoms. The number of rotatable bonds is 40. The van der Waals surface area contributed by atoms with Crippen molar-refractivity contribution in [1.82, 2.24) is 0 Å². The maximum atomic E-state index is 13.2. The second-order valence-corrected chi connectivity index (χ2v) is 18.2. The van der Waals surface area contributed by atoms with Gasteiger partial charge in [0.15, 0.2) is 0 Å². The smallest absolute Gasteiger partial charge is 0.305 e. The minimum Gasteiger partial charge on any atom is -0.490 e. The zero-order valence-electron chi connectivity index (χ0n) is 38.2. The van der Waals surface area contributed by atoms with E-state index in [0.717, 1.165) is 64.2 Å². The Balaban J connectivity index is 1.48. The summed E-state index contributed by atoms with van der Waals surface area (Å²) in [5, 5.41) is 0. The number of unbranched alkanes of at least 4 members (excludes halogenated alkanes) is 22. The summed E-state index contributed by atoms with van der Waals surface area (Å²) in [4.78, 5) is 24.5. The predicted molar refractivity (Wildman–Crippen MR) is 250 cm³/mol. The van der Waals surface area contributed by atoms with Gasteiger partial charge < -0.3 is 18.9 Å². The second kappa shape index (κ2) is 37.0. The zero-order chi connectivity index (χ0) is 43.9. The van der Waals surface area contributed by atoms with Crippen LogP contribution in [0.1, 0.15) is 194 Å². The maximum Gasteiger partial charge on any atom is 0.305 e. The lowest BCUT2D eigenvalue weighted by atomic mass is 10.1. The molecule has 0 radical (unpaired) electrons. The molecule has 8 nitrogen and oxygen atoms in total. The van der Waals surface area contributed by atoms with Crippen LogP contribution in [0.2, 0.25) is 0 Å². The van der Waals surface area contributed by atoms with E-state index in [1.807, 2.05) is 0 Å². The van der Waals surface area contributed by atoms with Crippen LogP contribution in [0.4, 0.5) is 0 Å². The number of esters is 2. The molecule has 0 bridgehead atoms. The molecule has 2 aromatic carbocycles. The quantitative estimate of drug-likeness (QED) is 0.0370. The molecule has 0 saturated heterocycles. The summed E-state index contributed by atoms with van der Waals surface area (Å²) in [6.45, 7) is 5.15. The Morgan fingerprint density at radius 2 is 0.705 bits per heavy atom. The van der Waals surface area contributed by atoms with Crippen LogP contribution in [0, 0.1) is 0 Å². The first-order valence-electron chi connectivity index (χ1n) is 24.2. The predicted octanol–water partition coefficient (Wildman–Crippen LogP) is 14.4. The summed E-state index contributed by atoms with van der Waals surface area (Å²) in [6.07, 6.45) is 41.7. The SMILES string of the molecule is CCCCCCCCC/C=C/CCCCCCC(=O)OCCOc1ccc(S(=O)(=O)c2ccc(OCCOC(=O)CCCCCC/C=C/CCCCCCCCC)cc2)cc1. The van der Waals surface area contributed by atoms with Crippen molar-refractivity contribution in [2.45, 2.75) is 203 Å². The average Bonchev–Trinajstić information content (AvgIpc) is 3.27. The lowest BCUT2D eigenvalue weighted by Gasteiger charge is -2.10. The summed E-state index contributed by atoms with van der Waals surface area (Å²) < 4.78 is 48.4. The minimum absolute atomic E-state index is 0.136. The Morgan fingerprint density at radius 3 is 1.03 bits per heavy atom. The van der Waals surface area contributed by atoms with Gasteiger partial charge in [-0.05, 0) is 113 Å². The van der Waals surface area contributed by atoms with E-state index in [0.29, 0.717) is 24.3 Å². The largest absolute Gasteiger partial charge is 0.490 e. The van der Waals surface area contributed by atoms with E-state index < -0.39 is 9.84 Å². The maximum absolute atomic E-state index is 13.2. The molecule has 2 rings (SSSR count). The van der Waals surface area contributed by atoms with Gasteiger partial charge in [0.2, 0.25) is 9.84 Å². The van der Waals surface area contributed by atoms with Crippen LogP contribution in [-0.4, -0.2) is 46.8 Å². The van der Waals surface area contributed by atoms with E-state index in [2.05, 4.69) is 38.2 Å². The average molecular weight is 867 g/mol. The number of carbonyl (C=O) groups excluding carboxylic acids is 2.